The normalized spacial score (nSPS) is 21.5. The lowest BCUT2D eigenvalue weighted by Gasteiger charge is -2.28. The highest BCUT2D eigenvalue weighted by Crippen LogP contribution is 2.27. The molecule has 1 aromatic heterocycles. The first-order chi connectivity index (χ1) is 12.2. The van der Waals surface area contributed by atoms with E-state index in [1.165, 1.54) is 0 Å². The number of imide groups is 1. The smallest absolute Gasteiger partial charge is 0.322 e. The van der Waals surface area contributed by atoms with Crippen LogP contribution in [-0.4, -0.2) is 54.2 Å². The molecule has 2 saturated heterocycles. The Morgan fingerprint density at radius 3 is 2.72 bits per heavy atom. The number of nitrogens with one attached hydrogen (secondary N) is 2. The number of amidine groups is 1. The minimum atomic E-state index is -0.839. The summed E-state index contributed by atoms with van der Waals surface area (Å²) < 4.78 is 11.0. The van der Waals surface area contributed by atoms with Crippen LogP contribution in [0.1, 0.15) is 17.4 Å². The molecule has 0 saturated carbocycles. The largest absolute Gasteiger partial charge is 0.458 e. The number of urea groups is 1. The number of hydrogen-bond donors (Lipinski definition) is 3. The fraction of sp³-hybridized carbons (Fsp3) is 0.312. The Hall–Kier alpha value is -3.07. The summed E-state index contributed by atoms with van der Waals surface area (Å²) in [5.41, 5.74) is 1.30. The van der Waals surface area contributed by atoms with Crippen molar-refractivity contribution in [2.75, 3.05) is 26.3 Å². The molecule has 9 heteroatoms. The molecule has 4 rings (SSSR count). The number of oxime groups is 1. The van der Waals surface area contributed by atoms with Crippen LogP contribution in [0.25, 0.3) is 11.0 Å². The van der Waals surface area contributed by atoms with Crippen LogP contribution in [0.3, 0.4) is 0 Å². The first kappa shape index (κ1) is 15.5. The molecular weight excluding hydrogens is 328 g/mol. The number of furan rings is 1. The monoisotopic (exact) mass is 344 g/mol. The third-order valence-corrected chi connectivity index (χ3v) is 4.26. The second-order valence-electron chi connectivity index (χ2n) is 5.82. The molecule has 25 heavy (non-hydrogen) atoms. The van der Waals surface area contributed by atoms with E-state index in [9.17, 15) is 14.8 Å². The highest BCUT2D eigenvalue weighted by atomic mass is 16.5. The van der Waals surface area contributed by atoms with Gasteiger partial charge in [0.1, 0.15) is 11.3 Å². The van der Waals surface area contributed by atoms with Crippen LogP contribution in [0.2, 0.25) is 0 Å². The van der Waals surface area contributed by atoms with Gasteiger partial charge in [-0.3, -0.25) is 10.1 Å². The van der Waals surface area contributed by atoms with Gasteiger partial charge in [-0.05, 0) is 24.3 Å². The minimum absolute atomic E-state index is 0.351. The van der Waals surface area contributed by atoms with Gasteiger partial charge in [0.05, 0.1) is 13.2 Å². The first-order valence-corrected chi connectivity index (χ1v) is 7.85. The van der Waals surface area contributed by atoms with Crippen molar-refractivity contribution in [1.29, 1.82) is 0 Å². The lowest BCUT2D eigenvalue weighted by atomic mass is 10.1. The van der Waals surface area contributed by atoms with Gasteiger partial charge in [-0.15, -0.1) is 0 Å². The Morgan fingerprint density at radius 2 is 2.04 bits per heavy atom. The van der Waals surface area contributed by atoms with E-state index in [-0.39, 0.29) is 0 Å². The molecule has 2 aliphatic heterocycles. The predicted molar refractivity (Wildman–Crippen MR) is 86.3 cm³/mol. The Balaban J connectivity index is 1.66. The van der Waals surface area contributed by atoms with E-state index >= 15 is 0 Å². The van der Waals surface area contributed by atoms with Crippen molar-refractivity contribution in [1.82, 2.24) is 15.5 Å². The van der Waals surface area contributed by atoms with Crippen LogP contribution in [-0.2, 0) is 9.53 Å². The van der Waals surface area contributed by atoms with E-state index in [1.54, 1.807) is 18.2 Å². The van der Waals surface area contributed by atoms with Gasteiger partial charge < -0.3 is 24.6 Å². The molecule has 2 aliphatic rings. The van der Waals surface area contributed by atoms with E-state index < -0.39 is 18.0 Å². The molecule has 130 valence electrons. The summed E-state index contributed by atoms with van der Waals surface area (Å²) >= 11 is 0. The average molecular weight is 344 g/mol. The Morgan fingerprint density at radius 1 is 1.24 bits per heavy atom. The minimum Gasteiger partial charge on any atom is -0.458 e. The maximum Gasteiger partial charge on any atom is 0.322 e. The highest BCUT2D eigenvalue weighted by Gasteiger charge is 2.33. The summed E-state index contributed by atoms with van der Waals surface area (Å²) in [7, 11) is 0. The molecular formula is C16H16N4O5. The van der Waals surface area contributed by atoms with Crippen molar-refractivity contribution in [3.63, 3.8) is 0 Å². The molecule has 9 nitrogen and oxygen atoms in total. The van der Waals surface area contributed by atoms with Crippen molar-refractivity contribution >= 4 is 28.7 Å². The fourth-order valence-electron chi connectivity index (χ4n) is 3.04. The number of benzene rings is 1. The van der Waals surface area contributed by atoms with Crippen molar-refractivity contribution < 1.29 is 24.0 Å². The number of fused-ring (bicyclic) bond motifs is 1. The van der Waals surface area contributed by atoms with Crippen molar-refractivity contribution in [3.05, 3.63) is 35.6 Å². The van der Waals surface area contributed by atoms with Crippen LogP contribution in [0.5, 0.6) is 0 Å². The van der Waals surface area contributed by atoms with Gasteiger partial charge in [-0.2, -0.15) is 0 Å². The lowest BCUT2D eigenvalue weighted by Crippen LogP contribution is -2.41. The quantitative estimate of drug-likeness (QED) is 0.244. The van der Waals surface area contributed by atoms with E-state index in [0.29, 0.717) is 43.5 Å². The Kier molecular flexibility index (Phi) is 3.77. The number of hydrogen-bond acceptors (Lipinski definition) is 6. The molecule has 0 aliphatic carbocycles. The highest BCUT2D eigenvalue weighted by molar-refractivity contribution is 6.05. The molecule has 3 N–H and O–H groups in total. The molecule has 0 spiro atoms. The predicted octanol–water partition coefficient (Wildman–Crippen LogP) is 0.781. The molecule has 1 aromatic carbocycles. The Labute approximate surface area is 142 Å². The molecule has 3 amide bonds. The van der Waals surface area contributed by atoms with Crippen LogP contribution < -0.4 is 10.6 Å². The number of nitrogens with zero attached hydrogens (tertiary/aromatic N) is 2. The van der Waals surface area contributed by atoms with Gasteiger partial charge in [-0.25, -0.2) is 4.79 Å². The summed E-state index contributed by atoms with van der Waals surface area (Å²) in [6.07, 6.45) is 0. The van der Waals surface area contributed by atoms with Gasteiger partial charge in [-0.1, -0.05) is 5.16 Å². The van der Waals surface area contributed by atoms with Gasteiger partial charge in [0, 0.05) is 24.0 Å². The lowest BCUT2D eigenvalue weighted by molar-refractivity contribution is -0.120. The zero-order valence-electron chi connectivity index (χ0n) is 13.2. The van der Waals surface area contributed by atoms with Crippen molar-refractivity contribution in [2.45, 2.75) is 6.04 Å². The fourth-order valence-corrected chi connectivity index (χ4v) is 3.04. The van der Waals surface area contributed by atoms with Gasteiger partial charge in [0.2, 0.25) is 0 Å². The summed E-state index contributed by atoms with van der Waals surface area (Å²) in [5.74, 6) is 0.361. The van der Waals surface area contributed by atoms with E-state index in [1.807, 2.05) is 11.0 Å². The number of carbonyl (C=O) groups excluding carboxylic acids is 2. The summed E-state index contributed by atoms with van der Waals surface area (Å²) in [5, 5.41) is 18.3. The number of morpholine rings is 1. The van der Waals surface area contributed by atoms with Crippen LogP contribution in [0.15, 0.2) is 33.8 Å². The van der Waals surface area contributed by atoms with Crippen LogP contribution in [0.4, 0.5) is 4.79 Å². The van der Waals surface area contributed by atoms with Crippen molar-refractivity contribution in [3.8, 4) is 0 Å². The van der Waals surface area contributed by atoms with Crippen molar-refractivity contribution in [2.24, 2.45) is 5.16 Å². The molecule has 3 heterocycles. The summed E-state index contributed by atoms with van der Waals surface area (Å²) in [6.45, 7) is 2.44. The van der Waals surface area contributed by atoms with E-state index in [4.69, 9.17) is 9.15 Å². The van der Waals surface area contributed by atoms with Gasteiger partial charge >= 0.3 is 6.03 Å². The Bertz CT molecular complexity index is 869. The first-order valence-electron chi connectivity index (χ1n) is 7.85. The molecule has 0 bridgehead atoms. The van der Waals surface area contributed by atoms with Gasteiger partial charge in [0.15, 0.2) is 11.9 Å². The molecule has 1 unspecified atom stereocenters. The number of carbonyl (C=O) groups is 2. The van der Waals surface area contributed by atoms with Crippen LogP contribution in [0, 0.1) is 0 Å². The SMILES string of the molecule is O=C1NC(=O)C(c2cc3cc(/C(=N/O)N4CCOCC4)ccc3o2)N1. The molecule has 0 radical (unpaired) electrons. The molecule has 2 fully saturated rings. The van der Waals surface area contributed by atoms with Crippen LogP contribution >= 0.6 is 0 Å². The zero-order valence-corrected chi connectivity index (χ0v) is 13.2. The number of rotatable bonds is 2. The molecule has 2 aromatic rings. The second kappa shape index (κ2) is 6.10. The maximum absolute atomic E-state index is 11.8. The van der Waals surface area contributed by atoms with E-state index in [0.717, 1.165) is 10.9 Å². The molecule has 1 atom stereocenters. The summed E-state index contributed by atoms with van der Waals surface area (Å²) in [6, 6.07) is 5.67. The standard InChI is InChI=1S/C16H16N4O5/c21-15-13(17-16(22)18-15)12-8-10-7-9(1-2-11(10)25-12)14(19-23)20-3-5-24-6-4-20/h1-2,7-8,13,23H,3-6H2,(H2,17,18,21,22)/b19-14-. The topological polar surface area (TPSA) is 116 Å². The third-order valence-electron chi connectivity index (χ3n) is 4.26. The number of amides is 3. The third kappa shape index (κ3) is 2.78. The average Bonchev–Trinajstić information content (AvgIpc) is 3.18. The number of ether oxygens (including phenoxy) is 1. The van der Waals surface area contributed by atoms with Gasteiger partial charge in [0.25, 0.3) is 5.91 Å². The summed E-state index contributed by atoms with van der Waals surface area (Å²) in [4.78, 5) is 25.0. The zero-order chi connectivity index (χ0) is 17.4. The van der Waals surface area contributed by atoms with E-state index in [2.05, 4.69) is 15.8 Å². The second-order valence-corrected chi connectivity index (χ2v) is 5.82. The maximum atomic E-state index is 11.8.